The highest BCUT2D eigenvalue weighted by Gasteiger charge is 2.20. The van der Waals surface area contributed by atoms with Crippen molar-refractivity contribution in [1.29, 1.82) is 0 Å². The van der Waals surface area contributed by atoms with Crippen LogP contribution in [0.3, 0.4) is 0 Å². The van der Waals surface area contributed by atoms with Gasteiger partial charge in [-0.05, 0) is 41.3 Å². The second-order valence-corrected chi connectivity index (χ2v) is 7.15. The summed E-state index contributed by atoms with van der Waals surface area (Å²) in [5.41, 5.74) is 7.10. The van der Waals surface area contributed by atoms with Crippen molar-refractivity contribution in [2.45, 2.75) is 19.3 Å². The summed E-state index contributed by atoms with van der Waals surface area (Å²) in [6.07, 6.45) is 9.13. The highest BCUT2D eigenvalue weighted by atomic mass is 16.4. The van der Waals surface area contributed by atoms with Crippen molar-refractivity contribution in [1.82, 2.24) is 15.0 Å². The molecule has 0 aliphatic carbocycles. The van der Waals surface area contributed by atoms with E-state index in [0.29, 0.717) is 12.1 Å². The minimum absolute atomic E-state index is 0.0475. The monoisotopic (exact) mass is 394 g/mol. The fourth-order valence-corrected chi connectivity index (χ4v) is 3.70. The Kier molecular flexibility index (Phi) is 5.90. The fraction of sp³-hybridized carbons (Fsp3) is 0.120. The molecule has 0 radical (unpaired) electrons. The first-order valence-electron chi connectivity index (χ1n) is 9.78. The Bertz CT molecular complexity index is 1130. The van der Waals surface area contributed by atoms with Crippen LogP contribution >= 0.6 is 0 Å². The summed E-state index contributed by atoms with van der Waals surface area (Å²) in [6.45, 7) is 2.11. The van der Waals surface area contributed by atoms with Crippen molar-refractivity contribution in [3.05, 3.63) is 114 Å². The Hall–Kier alpha value is -3.86. The number of nitrogens with zero attached hydrogens (tertiary/aromatic N) is 4. The molecule has 0 aliphatic heterocycles. The molecular formula is C25H22N4O. The molecule has 0 fully saturated rings. The van der Waals surface area contributed by atoms with Crippen molar-refractivity contribution in [2.75, 3.05) is 0 Å². The normalized spacial score (nSPS) is 12.5. The van der Waals surface area contributed by atoms with Gasteiger partial charge >= 0.3 is 0 Å². The van der Waals surface area contributed by atoms with E-state index in [-0.39, 0.29) is 5.92 Å². The summed E-state index contributed by atoms with van der Waals surface area (Å²) in [5.74, 6) is 0.0475. The molecular weight excluding hydrogens is 372 g/mol. The van der Waals surface area contributed by atoms with E-state index in [2.05, 4.69) is 63.4 Å². The molecule has 30 heavy (non-hydrogen) atoms. The zero-order chi connectivity index (χ0) is 20.8. The molecule has 0 aliphatic rings. The third-order valence-corrected chi connectivity index (χ3v) is 5.30. The zero-order valence-electron chi connectivity index (χ0n) is 16.7. The number of oxime groups is 1. The molecule has 1 N–H and O–H groups in total. The Morgan fingerprint density at radius 1 is 0.867 bits per heavy atom. The maximum absolute atomic E-state index is 9.74. The summed E-state index contributed by atoms with van der Waals surface area (Å²) in [4.78, 5) is 12.3. The Morgan fingerprint density at radius 2 is 1.57 bits per heavy atom. The summed E-state index contributed by atoms with van der Waals surface area (Å²) in [7, 11) is 0. The number of hydrogen-bond acceptors (Lipinski definition) is 5. The van der Waals surface area contributed by atoms with E-state index in [1.165, 1.54) is 17.5 Å². The number of aromatic nitrogens is 3. The van der Waals surface area contributed by atoms with E-state index in [1.54, 1.807) is 24.8 Å². The lowest BCUT2D eigenvalue weighted by molar-refractivity contribution is 0.317. The largest absolute Gasteiger partial charge is 0.411 e. The van der Waals surface area contributed by atoms with Crippen molar-refractivity contribution in [3.63, 3.8) is 0 Å². The van der Waals surface area contributed by atoms with Crippen LogP contribution in [0.25, 0.3) is 11.1 Å². The molecule has 148 valence electrons. The lowest BCUT2D eigenvalue weighted by Crippen LogP contribution is -2.11. The van der Waals surface area contributed by atoms with Gasteiger partial charge in [-0.2, -0.15) is 0 Å². The smallest absolute Gasteiger partial charge is 0.115 e. The fourth-order valence-electron chi connectivity index (χ4n) is 3.70. The number of aryl methyl sites for hydroxylation is 1. The standard InChI is InChI=1S/C25H22N4O/c1-18-4-2-3-5-23(18)24(14-25(29-30)21-10-12-26-13-11-21)20-8-6-19(7-9-20)22-15-27-17-28-16-22/h2-13,15-17,24,30H,14H2,1H3/b29-25+. The molecule has 1 atom stereocenters. The minimum Gasteiger partial charge on any atom is -0.411 e. The van der Waals surface area contributed by atoms with Gasteiger partial charge in [-0.3, -0.25) is 4.98 Å². The van der Waals surface area contributed by atoms with Gasteiger partial charge in [0.25, 0.3) is 0 Å². The lowest BCUT2D eigenvalue weighted by atomic mass is 9.83. The van der Waals surface area contributed by atoms with Gasteiger partial charge in [0.05, 0.1) is 5.71 Å². The molecule has 2 aromatic heterocycles. The maximum Gasteiger partial charge on any atom is 0.115 e. The molecule has 0 amide bonds. The molecule has 4 rings (SSSR count). The van der Waals surface area contributed by atoms with Gasteiger partial charge in [0, 0.05) is 48.3 Å². The van der Waals surface area contributed by atoms with Crippen LogP contribution in [0.15, 0.2) is 96.9 Å². The Balaban J connectivity index is 1.72. The van der Waals surface area contributed by atoms with Crippen LogP contribution in [0, 0.1) is 6.92 Å². The number of pyridine rings is 1. The number of rotatable bonds is 6. The molecule has 0 saturated heterocycles. The van der Waals surface area contributed by atoms with Gasteiger partial charge < -0.3 is 5.21 Å². The first-order chi connectivity index (χ1) is 14.8. The SMILES string of the molecule is Cc1ccccc1C(C/C(=N\O)c1ccncc1)c1ccc(-c2cncnc2)cc1. The minimum atomic E-state index is 0.0475. The molecule has 5 nitrogen and oxygen atoms in total. The van der Waals surface area contributed by atoms with E-state index >= 15 is 0 Å². The first kappa shape index (κ1) is 19.5. The zero-order valence-corrected chi connectivity index (χ0v) is 16.7. The number of benzene rings is 2. The van der Waals surface area contributed by atoms with E-state index in [1.807, 2.05) is 24.3 Å². The van der Waals surface area contributed by atoms with Crippen LogP contribution in [0.5, 0.6) is 0 Å². The maximum atomic E-state index is 9.74. The topological polar surface area (TPSA) is 71.3 Å². The van der Waals surface area contributed by atoms with E-state index in [9.17, 15) is 5.21 Å². The molecule has 5 heteroatoms. The van der Waals surface area contributed by atoms with Gasteiger partial charge in [-0.25, -0.2) is 9.97 Å². The van der Waals surface area contributed by atoms with Crippen molar-refractivity contribution in [2.24, 2.45) is 5.16 Å². The third kappa shape index (κ3) is 4.25. The molecule has 1 unspecified atom stereocenters. The molecule has 2 heterocycles. The Morgan fingerprint density at radius 3 is 2.23 bits per heavy atom. The van der Waals surface area contributed by atoms with Gasteiger partial charge in [0.1, 0.15) is 6.33 Å². The highest BCUT2D eigenvalue weighted by molar-refractivity contribution is 6.00. The molecule has 0 bridgehead atoms. The average Bonchev–Trinajstić information content (AvgIpc) is 2.82. The van der Waals surface area contributed by atoms with Gasteiger partial charge in [0.2, 0.25) is 0 Å². The molecule has 0 spiro atoms. The predicted octanol–water partition coefficient (Wildman–Crippen LogP) is 5.25. The first-order valence-corrected chi connectivity index (χ1v) is 9.78. The van der Waals surface area contributed by atoms with Crippen LogP contribution in [0.2, 0.25) is 0 Å². The highest BCUT2D eigenvalue weighted by Crippen LogP contribution is 2.33. The Labute approximate surface area is 175 Å². The predicted molar refractivity (Wildman–Crippen MR) is 118 cm³/mol. The van der Waals surface area contributed by atoms with Gasteiger partial charge in [-0.15, -0.1) is 0 Å². The van der Waals surface area contributed by atoms with Gasteiger partial charge in [0.15, 0.2) is 0 Å². The second kappa shape index (κ2) is 9.09. The van der Waals surface area contributed by atoms with Crippen LogP contribution in [0.1, 0.15) is 34.6 Å². The van der Waals surface area contributed by atoms with Crippen LogP contribution in [-0.4, -0.2) is 25.9 Å². The van der Waals surface area contributed by atoms with Crippen molar-refractivity contribution < 1.29 is 5.21 Å². The van der Waals surface area contributed by atoms with Gasteiger partial charge in [-0.1, -0.05) is 53.7 Å². The molecule has 2 aromatic carbocycles. The molecule has 0 saturated carbocycles. The van der Waals surface area contributed by atoms with E-state index < -0.39 is 0 Å². The van der Waals surface area contributed by atoms with E-state index in [4.69, 9.17) is 0 Å². The van der Waals surface area contributed by atoms with Crippen molar-refractivity contribution in [3.8, 4) is 11.1 Å². The number of hydrogen-bond donors (Lipinski definition) is 1. The van der Waals surface area contributed by atoms with E-state index in [0.717, 1.165) is 22.3 Å². The summed E-state index contributed by atoms with van der Waals surface area (Å²) in [5, 5.41) is 13.4. The van der Waals surface area contributed by atoms with Crippen LogP contribution < -0.4 is 0 Å². The summed E-state index contributed by atoms with van der Waals surface area (Å²) >= 11 is 0. The third-order valence-electron chi connectivity index (χ3n) is 5.30. The van der Waals surface area contributed by atoms with Crippen LogP contribution in [0.4, 0.5) is 0 Å². The lowest BCUT2D eigenvalue weighted by Gasteiger charge is -2.21. The second-order valence-electron chi connectivity index (χ2n) is 7.15. The van der Waals surface area contributed by atoms with Crippen LogP contribution in [-0.2, 0) is 0 Å². The summed E-state index contributed by atoms with van der Waals surface area (Å²) in [6, 6.07) is 20.5. The van der Waals surface area contributed by atoms with Crippen molar-refractivity contribution >= 4 is 5.71 Å². The quantitative estimate of drug-likeness (QED) is 0.275. The average molecular weight is 394 g/mol. The molecule has 4 aromatic rings. The summed E-state index contributed by atoms with van der Waals surface area (Å²) < 4.78 is 0.